The van der Waals surface area contributed by atoms with Gasteiger partial charge < -0.3 is 21.1 Å². The number of azide groups is 1. The number of nitrogens with zero attached hydrogens (tertiary/aromatic N) is 3. The highest BCUT2D eigenvalue weighted by molar-refractivity contribution is 5.90. The molecule has 0 bridgehead atoms. The molecule has 0 fully saturated rings. The van der Waals surface area contributed by atoms with Gasteiger partial charge in [-0.25, -0.2) is 4.79 Å². The summed E-state index contributed by atoms with van der Waals surface area (Å²) in [5.74, 6) is -1.21. The Morgan fingerprint density at radius 3 is 2.46 bits per heavy atom. The normalized spacial score (nSPS) is 11.8. The highest BCUT2D eigenvalue weighted by Gasteiger charge is 2.25. The maximum Gasteiger partial charge on any atom is 0.408 e. The van der Waals surface area contributed by atoms with Crippen molar-refractivity contribution in [1.29, 1.82) is 0 Å². The lowest BCUT2D eigenvalue weighted by Gasteiger charge is -2.22. The fourth-order valence-corrected chi connectivity index (χ4v) is 1.72. The Bertz CT molecular complexity index is 482. The van der Waals surface area contributed by atoms with E-state index < -0.39 is 29.6 Å². The molecule has 0 aromatic carbocycles. The molecule has 0 aliphatic heterocycles. The van der Waals surface area contributed by atoms with Crippen molar-refractivity contribution in [2.45, 2.75) is 58.1 Å². The molecule has 0 heterocycles. The topological polar surface area (TPSA) is 159 Å². The van der Waals surface area contributed by atoms with Crippen LogP contribution in [-0.4, -0.2) is 42.6 Å². The summed E-state index contributed by atoms with van der Waals surface area (Å²) in [4.78, 5) is 37.5. The molecule has 0 saturated heterocycles. The van der Waals surface area contributed by atoms with Crippen LogP contribution in [0.3, 0.4) is 0 Å². The molecule has 0 aromatic heterocycles. The lowest BCUT2D eigenvalue weighted by atomic mass is 10.1. The molecule has 10 nitrogen and oxygen atoms in total. The third-order valence-corrected chi connectivity index (χ3v) is 2.71. The molecule has 10 heteroatoms. The number of nitrogens with two attached hydrogens (primary N) is 1. The summed E-state index contributed by atoms with van der Waals surface area (Å²) >= 11 is 0. The first-order chi connectivity index (χ1) is 11.2. The number of nitrogens with one attached hydrogen (secondary N) is 2. The van der Waals surface area contributed by atoms with Crippen molar-refractivity contribution in [1.82, 2.24) is 10.6 Å². The summed E-state index contributed by atoms with van der Waals surface area (Å²) in [5, 5.41) is 8.38. The van der Waals surface area contributed by atoms with Gasteiger partial charge in [0, 0.05) is 18.0 Å². The van der Waals surface area contributed by atoms with Crippen LogP contribution in [0.25, 0.3) is 10.4 Å². The van der Waals surface area contributed by atoms with E-state index in [4.69, 9.17) is 16.0 Å². The van der Waals surface area contributed by atoms with Gasteiger partial charge in [0.1, 0.15) is 11.6 Å². The monoisotopic (exact) mass is 342 g/mol. The minimum atomic E-state index is -1.08. The number of carbonyl (C=O) groups excluding carboxylic acids is 3. The lowest BCUT2D eigenvalue weighted by Crippen LogP contribution is -2.50. The Hall–Kier alpha value is -2.48. The Morgan fingerprint density at radius 2 is 1.92 bits per heavy atom. The van der Waals surface area contributed by atoms with Gasteiger partial charge in [-0.15, -0.1) is 0 Å². The summed E-state index contributed by atoms with van der Waals surface area (Å²) in [6, 6.07) is -1.08. The van der Waals surface area contributed by atoms with E-state index in [0.29, 0.717) is 19.5 Å². The molecule has 0 aromatic rings. The smallest absolute Gasteiger partial charge is 0.408 e. The van der Waals surface area contributed by atoms with Crippen LogP contribution >= 0.6 is 0 Å². The van der Waals surface area contributed by atoms with Gasteiger partial charge in [-0.3, -0.25) is 9.59 Å². The van der Waals surface area contributed by atoms with E-state index in [-0.39, 0.29) is 6.42 Å². The van der Waals surface area contributed by atoms with Gasteiger partial charge in [0.15, 0.2) is 0 Å². The molecule has 0 saturated carbocycles. The Labute approximate surface area is 141 Å². The number of alkyl carbamates (subject to hydrolysis) is 1. The number of hydrogen-bond acceptors (Lipinski definition) is 5. The number of carbonyl (C=O) groups is 3. The molecular formula is C14H26N6O4. The van der Waals surface area contributed by atoms with E-state index in [1.54, 1.807) is 20.8 Å². The second kappa shape index (κ2) is 11.1. The van der Waals surface area contributed by atoms with Crippen LogP contribution in [0.1, 0.15) is 46.5 Å². The zero-order chi connectivity index (χ0) is 18.6. The van der Waals surface area contributed by atoms with Crippen LogP contribution in [0.4, 0.5) is 4.79 Å². The van der Waals surface area contributed by atoms with E-state index in [1.807, 2.05) is 0 Å². The summed E-state index contributed by atoms with van der Waals surface area (Å²) in [6.45, 7) is 5.85. The van der Waals surface area contributed by atoms with Gasteiger partial charge in [-0.05, 0) is 39.1 Å². The largest absolute Gasteiger partial charge is 0.444 e. The van der Waals surface area contributed by atoms with Crippen molar-refractivity contribution in [3.63, 3.8) is 0 Å². The lowest BCUT2D eigenvalue weighted by molar-refractivity contribution is -0.127. The quantitative estimate of drug-likeness (QED) is 0.237. The number of hydrogen-bond donors (Lipinski definition) is 3. The number of rotatable bonds is 10. The molecule has 1 atom stereocenters. The number of unbranched alkanes of at least 4 members (excludes halogenated alkanes) is 2. The zero-order valence-electron chi connectivity index (χ0n) is 14.4. The van der Waals surface area contributed by atoms with Crippen LogP contribution in [-0.2, 0) is 14.3 Å². The van der Waals surface area contributed by atoms with E-state index in [0.717, 1.165) is 12.8 Å². The molecule has 0 radical (unpaired) electrons. The summed E-state index contributed by atoms with van der Waals surface area (Å²) in [6.07, 6.45) is 1.07. The predicted octanol–water partition coefficient (Wildman–Crippen LogP) is 1.35. The number of ether oxygens (including phenoxy) is 1. The molecule has 0 aliphatic carbocycles. The first kappa shape index (κ1) is 21.5. The molecule has 0 aliphatic rings. The molecule has 3 amide bonds. The average Bonchev–Trinajstić information content (AvgIpc) is 2.42. The van der Waals surface area contributed by atoms with Crippen molar-refractivity contribution >= 4 is 17.9 Å². The van der Waals surface area contributed by atoms with Crippen molar-refractivity contribution in [3.8, 4) is 0 Å². The second-order valence-electron chi connectivity index (χ2n) is 6.18. The van der Waals surface area contributed by atoms with Crippen LogP contribution in [0.2, 0.25) is 0 Å². The van der Waals surface area contributed by atoms with Crippen LogP contribution in [0.15, 0.2) is 5.11 Å². The van der Waals surface area contributed by atoms with Crippen molar-refractivity contribution < 1.29 is 19.1 Å². The molecule has 0 rings (SSSR count). The van der Waals surface area contributed by atoms with Crippen LogP contribution < -0.4 is 16.4 Å². The van der Waals surface area contributed by atoms with Gasteiger partial charge in [0.25, 0.3) is 0 Å². The Balaban J connectivity index is 4.32. The molecule has 0 unspecified atom stereocenters. The second-order valence-corrected chi connectivity index (χ2v) is 6.18. The number of primary amides is 1. The molecule has 0 spiro atoms. The van der Waals surface area contributed by atoms with Gasteiger partial charge in [-0.1, -0.05) is 11.5 Å². The highest BCUT2D eigenvalue weighted by atomic mass is 16.6. The van der Waals surface area contributed by atoms with Gasteiger partial charge in [-0.2, -0.15) is 0 Å². The predicted molar refractivity (Wildman–Crippen MR) is 87.8 cm³/mol. The van der Waals surface area contributed by atoms with Gasteiger partial charge in [0.05, 0.1) is 6.42 Å². The fourth-order valence-electron chi connectivity index (χ4n) is 1.72. The highest BCUT2D eigenvalue weighted by Crippen LogP contribution is 2.07. The van der Waals surface area contributed by atoms with Crippen LogP contribution in [0, 0.1) is 0 Å². The third-order valence-electron chi connectivity index (χ3n) is 2.71. The average molecular weight is 342 g/mol. The van der Waals surface area contributed by atoms with E-state index in [2.05, 4.69) is 20.7 Å². The zero-order valence-corrected chi connectivity index (χ0v) is 14.4. The van der Waals surface area contributed by atoms with E-state index in [9.17, 15) is 14.4 Å². The van der Waals surface area contributed by atoms with Crippen LogP contribution in [0.5, 0.6) is 0 Å². The number of amides is 3. The SMILES string of the molecule is CC(C)(C)OC(=O)N[C@@H](CC(N)=O)C(=O)NCCCCCN=[N+]=[N-]. The van der Waals surface area contributed by atoms with Crippen molar-refractivity contribution in [2.75, 3.05) is 13.1 Å². The van der Waals surface area contributed by atoms with Gasteiger partial charge >= 0.3 is 6.09 Å². The maximum absolute atomic E-state index is 12.1. The maximum atomic E-state index is 12.1. The standard InChI is InChI=1S/C14H26N6O4/c1-14(2,3)24-13(23)19-10(9-11(15)21)12(22)17-7-5-4-6-8-18-20-16/h10H,4-9H2,1-3H3,(H2,15,21)(H,17,22)(H,19,23)/t10-/m0/s1. The fraction of sp³-hybridized carbons (Fsp3) is 0.786. The minimum Gasteiger partial charge on any atom is -0.444 e. The Morgan fingerprint density at radius 1 is 1.25 bits per heavy atom. The van der Waals surface area contributed by atoms with Crippen molar-refractivity contribution in [3.05, 3.63) is 10.4 Å². The Kier molecular flexibility index (Phi) is 9.97. The molecule has 24 heavy (non-hydrogen) atoms. The van der Waals surface area contributed by atoms with E-state index in [1.165, 1.54) is 0 Å². The summed E-state index contributed by atoms with van der Waals surface area (Å²) in [7, 11) is 0. The molecule has 136 valence electrons. The van der Waals surface area contributed by atoms with Gasteiger partial charge in [0.2, 0.25) is 11.8 Å². The first-order valence-corrected chi connectivity index (χ1v) is 7.72. The first-order valence-electron chi connectivity index (χ1n) is 7.72. The molecular weight excluding hydrogens is 316 g/mol. The van der Waals surface area contributed by atoms with E-state index >= 15 is 0 Å². The summed E-state index contributed by atoms with van der Waals surface area (Å²) in [5.41, 5.74) is 12.5. The summed E-state index contributed by atoms with van der Waals surface area (Å²) < 4.78 is 5.06. The van der Waals surface area contributed by atoms with Crippen molar-refractivity contribution in [2.24, 2.45) is 10.8 Å². The minimum absolute atomic E-state index is 0.317. The molecule has 4 N–H and O–H groups in total. The third kappa shape index (κ3) is 12.1.